The average Bonchev–Trinajstić information content (AvgIpc) is 2.69. The molecule has 0 aromatic carbocycles. The van der Waals surface area contributed by atoms with Crippen molar-refractivity contribution in [2.75, 3.05) is 22.1 Å². The summed E-state index contributed by atoms with van der Waals surface area (Å²) in [6.07, 6.45) is 5.30. The van der Waals surface area contributed by atoms with E-state index in [4.69, 9.17) is 0 Å². The summed E-state index contributed by atoms with van der Waals surface area (Å²) in [5.41, 5.74) is 0.777. The lowest BCUT2D eigenvalue weighted by Crippen LogP contribution is -2.28. The zero-order valence-electron chi connectivity index (χ0n) is 11.7. The number of rotatable bonds is 4. The molecule has 1 saturated carbocycles. The van der Waals surface area contributed by atoms with Crippen molar-refractivity contribution in [1.82, 2.24) is 4.98 Å². The molecule has 2 N–H and O–H groups in total. The van der Waals surface area contributed by atoms with E-state index in [0.717, 1.165) is 24.9 Å². The molecule has 0 spiro atoms. The Kier molecular flexibility index (Phi) is 3.84. The third-order valence-electron chi connectivity index (χ3n) is 4.09. The largest absolute Gasteiger partial charge is 0.380 e. The quantitative estimate of drug-likeness (QED) is 0.878. The van der Waals surface area contributed by atoms with Crippen LogP contribution in [-0.2, 0) is 14.6 Å². The maximum absolute atomic E-state index is 11.8. The van der Waals surface area contributed by atoms with Gasteiger partial charge in [0.1, 0.15) is 5.82 Å². The Hall–Kier alpha value is -1.63. The van der Waals surface area contributed by atoms with Crippen molar-refractivity contribution in [2.45, 2.75) is 31.7 Å². The van der Waals surface area contributed by atoms with Gasteiger partial charge < -0.3 is 10.6 Å². The van der Waals surface area contributed by atoms with Crippen LogP contribution in [0.5, 0.6) is 0 Å². The highest BCUT2D eigenvalue weighted by atomic mass is 32.2. The lowest BCUT2D eigenvalue weighted by Gasteiger charge is -2.23. The lowest BCUT2D eigenvalue weighted by molar-refractivity contribution is -0.122. The summed E-state index contributed by atoms with van der Waals surface area (Å²) in [5.74, 6) is 1.13. The molecule has 1 aliphatic heterocycles. The van der Waals surface area contributed by atoms with Crippen molar-refractivity contribution in [3.05, 3.63) is 18.3 Å². The molecule has 6 nitrogen and oxygen atoms in total. The fourth-order valence-electron chi connectivity index (χ4n) is 2.60. The number of hydrogen-bond acceptors (Lipinski definition) is 5. The molecule has 21 heavy (non-hydrogen) atoms. The van der Waals surface area contributed by atoms with Crippen molar-refractivity contribution >= 4 is 27.2 Å². The Balaban J connectivity index is 1.55. The molecule has 1 unspecified atom stereocenters. The van der Waals surface area contributed by atoms with Crippen molar-refractivity contribution in [3.63, 3.8) is 0 Å². The molecule has 1 saturated heterocycles. The number of pyridine rings is 1. The average molecular weight is 309 g/mol. The van der Waals surface area contributed by atoms with E-state index in [9.17, 15) is 13.2 Å². The van der Waals surface area contributed by atoms with Gasteiger partial charge in [0.15, 0.2) is 9.84 Å². The molecule has 0 radical (unpaired) electrons. The van der Waals surface area contributed by atoms with Crippen LogP contribution in [-0.4, -0.2) is 36.9 Å². The molecule has 0 bridgehead atoms. The first-order chi connectivity index (χ1) is 10.0. The number of anilines is 2. The predicted molar refractivity (Wildman–Crippen MR) is 80.9 cm³/mol. The van der Waals surface area contributed by atoms with Crippen LogP contribution in [0.1, 0.15) is 25.7 Å². The number of carbonyl (C=O) groups is 1. The van der Waals surface area contributed by atoms with Gasteiger partial charge in [0.25, 0.3) is 0 Å². The lowest BCUT2D eigenvalue weighted by atomic mass is 9.85. The summed E-state index contributed by atoms with van der Waals surface area (Å²) in [6, 6.07) is 3.50. The molecule has 1 atom stereocenters. The van der Waals surface area contributed by atoms with Crippen LogP contribution in [0.2, 0.25) is 0 Å². The molecule has 3 rings (SSSR count). The van der Waals surface area contributed by atoms with Gasteiger partial charge in [-0.3, -0.25) is 4.79 Å². The molecule has 114 valence electrons. The highest BCUT2D eigenvalue weighted by molar-refractivity contribution is 7.91. The maximum Gasteiger partial charge on any atom is 0.228 e. The number of aromatic nitrogens is 1. The van der Waals surface area contributed by atoms with Crippen molar-refractivity contribution < 1.29 is 13.2 Å². The number of nitrogens with one attached hydrogen (secondary N) is 2. The van der Waals surface area contributed by atoms with Gasteiger partial charge in [-0.1, -0.05) is 6.42 Å². The summed E-state index contributed by atoms with van der Waals surface area (Å²) in [7, 11) is -2.89. The van der Waals surface area contributed by atoms with Crippen LogP contribution in [0, 0.1) is 5.92 Å². The van der Waals surface area contributed by atoms with Crippen molar-refractivity contribution in [1.29, 1.82) is 0 Å². The Labute approximate surface area is 124 Å². The molecule has 7 heteroatoms. The first-order valence-corrected chi connectivity index (χ1v) is 9.08. The highest BCUT2D eigenvalue weighted by Gasteiger charge is 2.28. The fraction of sp³-hybridized carbons (Fsp3) is 0.571. The molecule has 1 amide bonds. The van der Waals surface area contributed by atoms with Crippen LogP contribution in [0.15, 0.2) is 18.3 Å². The van der Waals surface area contributed by atoms with E-state index in [1.54, 1.807) is 12.3 Å². The van der Waals surface area contributed by atoms with Gasteiger partial charge in [-0.25, -0.2) is 13.4 Å². The van der Waals surface area contributed by atoms with Gasteiger partial charge in [-0.05, 0) is 31.4 Å². The third kappa shape index (κ3) is 3.53. The Morgan fingerprint density at radius 2 is 2.05 bits per heavy atom. The summed E-state index contributed by atoms with van der Waals surface area (Å²) in [5, 5.41) is 5.97. The van der Waals surface area contributed by atoms with Crippen molar-refractivity contribution in [2.24, 2.45) is 5.92 Å². The monoisotopic (exact) mass is 309 g/mol. The number of carbonyl (C=O) groups excluding carboxylic acids is 1. The molecular weight excluding hydrogens is 290 g/mol. The van der Waals surface area contributed by atoms with Crippen LogP contribution in [0.4, 0.5) is 11.5 Å². The summed E-state index contributed by atoms with van der Waals surface area (Å²) in [4.78, 5) is 16.0. The van der Waals surface area contributed by atoms with Gasteiger partial charge in [0.05, 0.1) is 23.4 Å². The zero-order chi connectivity index (χ0) is 14.9. The predicted octanol–water partition coefficient (Wildman–Crippen LogP) is 1.42. The second-order valence-electron chi connectivity index (χ2n) is 5.79. The summed E-state index contributed by atoms with van der Waals surface area (Å²) in [6.45, 7) is 0. The van der Waals surface area contributed by atoms with Gasteiger partial charge in [-0.2, -0.15) is 0 Å². The molecule has 1 aliphatic carbocycles. The van der Waals surface area contributed by atoms with Crippen LogP contribution in [0.25, 0.3) is 0 Å². The normalized spacial score (nSPS) is 24.3. The number of hydrogen-bond donors (Lipinski definition) is 2. The summed E-state index contributed by atoms with van der Waals surface area (Å²) >= 11 is 0. The fourth-order valence-corrected chi connectivity index (χ4v) is 4.27. The first-order valence-electron chi connectivity index (χ1n) is 7.26. The van der Waals surface area contributed by atoms with Gasteiger partial charge in [0.2, 0.25) is 5.91 Å². The molecule has 2 aliphatic rings. The third-order valence-corrected chi connectivity index (χ3v) is 5.86. The van der Waals surface area contributed by atoms with E-state index in [-0.39, 0.29) is 29.4 Å². The molecule has 2 fully saturated rings. The topological polar surface area (TPSA) is 88.2 Å². The zero-order valence-corrected chi connectivity index (χ0v) is 12.5. The van der Waals surface area contributed by atoms with E-state index in [2.05, 4.69) is 15.6 Å². The minimum Gasteiger partial charge on any atom is -0.380 e. The second kappa shape index (κ2) is 5.63. The molecular formula is C14H19N3O3S. The minimum absolute atomic E-state index is 0.0383. The van der Waals surface area contributed by atoms with E-state index in [1.807, 2.05) is 6.07 Å². The molecule has 2 heterocycles. The smallest absolute Gasteiger partial charge is 0.228 e. The van der Waals surface area contributed by atoms with Crippen molar-refractivity contribution in [3.8, 4) is 0 Å². The van der Waals surface area contributed by atoms with E-state index < -0.39 is 9.84 Å². The number of sulfone groups is 1. The highest BCUT2D eigenvalue weighted by Crippen LogP contribution is 2.27. The second-order valence-corrected chi connectivity index (χ2v) is 8.02. The van der Waals surface area contributed by atoms with E-state index in [1.165, 1.54) is 0 Å². The number of nitrogens with zero attached hydrogens (tertiary/aromatic N) is 1. The van der Waals surface area contributed by atoms with Gasteiger partial charge in [-0.15, -0.1) is 0 Å². The van der Waals surface area contributed by atoms with E-state index >= 15 is 0 Å². The standard InChI is InChI=1S/C14H19N3O3S/c18-14(10-2-1-3-10)17-13-5-4-11(8-15-13)16-12-6-7-21(19,20)9-12/h4-5,8,10,12,16H,1-3,6-7,9H2,(H,15,17,18). The Morgan fingerprint density at radius 1 is 1.24 bits per heavy atom. The maximum atomic E-state index is 11.8. The van der Waals surface area contributed by atoms with Crippen LogP contribution in [0.3, 0.4) is 0 Å². The summed E-state index contributed by atoms with van der Waals surface area (Å²) < 4.78 is 22.8. The SMILES string of the molecule is O=C(Nc1ccc(NC2CCS(=O)(=O)C2)cn1)C1CCC1. The van der Waals surface area contributed by atoms with Gasteiger partial charge >= 0.3 is 0 Å². The van der Waals surface area contributed by atoms with Crippen LogP contribution < -0.4 is 10.6 Å². The minimum atomic E-state index is -2.89. The van der Waals surface area contributed by atoms with Gasteiger partial charge in [0, 0.05) is 12.0 Å². The number of amides is 1. The molecule has 1 aromatic heterocycles. The molecule has 1 aromatic rings. The van der Waals surface area contributed by atoms with Crippen LogP contribution >= 0.6 is 0 Å². The van der Waals surface area contributed by atoms with E-state index in [0.29, 0.717) is 12.2 Å². The Morgan fingerprint density at radius 3 is 2.57 bits per heavy atom. The first kappa shape index (κ1) is 14.3. The Bertz CT molecular complexity index is 623.